The van der Waals surface area contributed by atoms with E-state index in [2.05, 4.69) is 27.7 Å². The summed E-state index contributed by atoms with van der Waals surface area (Å²) in [4.78, 5) is 12.0. The van der Waals surface area contributed by atoms with Gasteiger partial charge in [0.2, 0.25) is 0 Å². The minimum absolute atomic E-state index is 0.174. The van der Waals surface area contributed by atoms with Gasteiger partial charge in [-0.05, 0) is 36.2 Å². The van der Waals surface area contributed by atoms with Gasteiger partial charge in [0.25, 0.3) is 0 Å². The van der Waals surface area contributed by atoms with Gasteiger partial charge >= 0.3 is 0 Å². The molecule has 0 saturated heterocycles. The molecule has 2 rings (SSSR count). The van der Waals surface area contributed by atoms with Crippen molar-refractivity contribution < 1.29 is 4.79 Å². The second kappa shape index (κ2) is 3.20. The average molecular weight is 206 g/mol. The highest BCUT2D eigenvalue weighted by molar-refractivity contribution is 5.96. The molecule has 0 amide bonds. The third-order valence-corrected chi connectivity index (χ3v) is 4.65. The first-order valence-corrected chi connectivity index (χ1v) is 6.18. The Morgan fingerprint density at radius 2 is 2.00 bits per heavy atom. The first kappa shape index (κ1) is 10.9. The predicted molar refractivity (Wildman–Crippen MR) is 62.6 cm³/mol. The molecular weight excluding hydrogens is 184 g/mol. The van der Waals surface area contributed by atoms with Gasteiger partial charge in [-0.1, -0.05) is 39.7 Å². The van der Waals surface area contributed by atoms with Crippen LogP contribution >= 0.6 is 0 Å². The van der Waals surface area contributed by atoms with Crippen LogP contribution in [-0.2, 0) is 4.79 Å². The predicted octanol–water partition coefficient (Wildman–Crippen LogP) is 3.74. The quantitative estimate of drug-likeness (QED) is 0.638. The summed E-state index contributed by atoms with van der Waals surface area (Å²) in [6.07, 6.45) is 6.66. The topological polar surface area (TPSA) is 17.1 Å². The molecule has 0 N–H and O–H groups in total. The van der Waals surface area contributed by atoms with Crippen LogP contribution < -0.4 is 0 Å². The third kappa shape index (κ3) is 1.39. The Morgan fingerprint density at radius 3 is 2.60 bits per heavy atom. The highest BCUT2D eigenvalue weighted by atomic mass is 16.1. The first-order valence-electron chi connectivity index (χ1n) is 6.18. The van der Waals surface area contributed by atoms with Crippen molar-refractivity contribution in [2.24, 2.45) is 16.7 Å². The Kier molecular flexibility index (Phi) is 2.33. The number of fused-ring (bicyclic) bond motifs is 1. The van der Waals surface area contributed by atoms with Crippen LogP contribution in [0.4, 0.5) is 0 Å². The maximum absolute atomic E-state index is 12.0. The Balaban J connectivity index is 2.44. The van der Waals surface area contributed by atoms with E-state index in [4.69, 9.17) is 0 Å². The standard InChI is InChI=1S/C14H22O/c1-5-10-11(15)9-12-13(2,3)7-6-8-14(10,12)4/h9-10H,5-8H2,1-4H3/t10-,14-/m0/s1. The molecule has 0 aromatic rings. The van der Waals surface area contributed by atoms with Crippen molar-refractivity contribution in [3.63, 3.8) is 0 Å². The molecule has 0 aromatic carbocycles. The van der Waals surface area contributed by atoms with Crippen molar-refractivity contribution in [3.05, 3.63) is 11.6 Å². The number of rotatable bonds is 1. The fourth-order valence-corrected chi connectivity index (χ4v) is 3.87. The molecule has 1 saturated carbocycles. The molecule has 0 heterocycles. The molecule has 1 fully saturated rings. The van der Waals surface area contributed by atoms with Gasteiger partial charge in [0.05, 0.1) is 0 Å². The van der Waals surface area contributed by atoms with E-state index < -0.39 is 0 Å². The molecule has 0 bridgehead atoms. The first-order chi connectivity index (χ1) is 6.92. The molecule has 0 spiro atoms. The largest absolute Gasteiger partial charge is 0.295 e. The molecule has 0 radical (unpaired) electrons. The summed E-state index contributed by atoms with van der Waals surface area (Å²) in [5.74, 6) is 0.636. The highest BCUT2D eigenvalue weighted by Crippen LogP contribution is 2.58. The summed E-state index contributed by atoms with van der Waals surface area (Å²) >= 11 is 0. The van der Waals surface area contributed by atoms with Crippen molar-refractivity contribution in [2.45, 2.75) is 53.4 Å². The fraction of sp³-hybridized carbons (Fsp3) is 0.786. The summed E-state index contributed by atoms with van der Waals surface area (Å²) in [5.41, 5.74) is 1.85. The van der Waals surface area contributed by atoms with Crippen molar-refractivity contribution in [3.8, 4) is 0 Å². The summed E-state index contributed by atoms with van der Waals surface area (Å²) in [7, 11) is 0. The molecule has 1 heteroatoms. The Morgan fingerprint density at radius 1 is 1.33 bits per heavy atom. The lowest BCUT2D eigenvalue weighted by molar-refractivity contribution is -0.120. The summed E-state index contributed by atoms with van der Waals surface area (Å²) in [6, 6.07) is 0. The fourth-order valence-electron chi connectivity index (χ4n) is 3.87. The van der Waals surface area contributed by atoms with Crippen molar-refractivity contribution in [1.82, 2.24) is 0 Å². The molecule has 1 nitrogen and oxygen atoms in total. The van der Waals surface area contributed by atoms with Crippen LogP contribution in [0.3, 0.4) is 0 Å². The molecule has 0 unspecified atom stereocenters. The van der Waals surface area contributed by atoms with E-state index >= 15 is 0 Å². The summed E-state index contributed by atoms with van der Waals surface area (Å²) in [6.45, 7) is 9.04. The van der Waals surface area contributed by atoms with E-state index in [1.807, 2.05) is 6.08 Å². The minimum atomic E-state index is 0.174. The molecule has 2 atom stereocenters. The molecule has 2 aliphatic carbocycles. The van der Waals surface area contributed by atoms with Gasteiger partial charge in [-0.15, -0.1) is 0 Å². The second-order valence-electron chi connectivity index (χ2n) is 6.08. The zero-order chi connectivity index (χ0) is 11.3. The number of ketones is 1. The van der Waals surface area contributed by atoms with E-state index in [1.54, 1.807) is 0 Å². The highest BCUT2D eigenvalue weighted by Gasteiger charge is 2.51. The monoisotopic (exact) mass is 206 g/mol. The number of allylic oxidation sites excluding steroid dienone is 2. The molecule has 0 aromatic heterocycles. The Labute approximate surface area is 92.9 Å². The van der Waals surface area contributed by atoms with Gasteiger partial charge < -0.3 is 0 Å². The number of carbonyl (C=O) groups is 1. The lowest BCUT2D eigenvalue weighted by atomic mass is 9.58. The zero-order valence-corrected chi connectivity index (χ0v) is 10.4. The molecule has 15 heavy (non-hydrogen) atoms. The van der Waals surface area contributed by atoms with E-state index in [-0.39, 0.29) is 16.7 Å². The Hall–Kier alpha value is -0.590. The van der Waals surface area contributed by atoms with Crippen LogP contribution in [0.15, 0.2) is 11.6 Å². The van der Waals surface area contributed by atoms with Crippen LogP contribution in [0.5, 0.6) is 0 Å². The van der Waals surface area contributed by atoms with Gasteiger partial charge in [0.15, 0.2) is 5.78 Å². The SMILES string of the molecule is CC[C@H]1C(=O)C=C2C(C)(C)CCC[C@]21C. The van der Waals surface area contributed by atoms with Gasteiger partial charge in [-0.25, -0.2) is 0 Å². The zero-order valence-electron chi connectivity index (χ0n) is 10.4. The van der Waals surface area contributed by atoms with Crippen LogP contribution in [0.25, 0.3) is 0 Å². The maximum atomic E-state index is 12.0. The molecule has 2 aliphatic rings. The van der Waals surface area contributed by atoms with Crippen molar-refractivity contribution in [2.75, 3.05) is 0 Å². The smallest absolute Gasteiger partial charge is 0.159 e. The van der Waals surface area contributed by atoms with Gasteiger partial charge in [-0.3, -0.25) is 4.79 Å². The van der Waals surface area contributed by atoms with Gasteiger partial charge in [-0.2, -0.15) is 0 Å². The normalized spacial score (nSPS) is 38.8. The van der Waals surface area contributed by atoms with Crippen molar-refractivity contribution >= 4 is 5.78 Å². The maximum Gasteiger partial charge on any atom is 0.159 e. The third-order valence-electron chi connectivity index (χ3n) is 4.65. The van der Waals surface area contributed by atoms with Crippen LogP contribution in [0.2, 0.25) is 0 Å². The molecule has 84 valence electrons. The Bertz CT molecular complexity index is 324. The number of hydrogen-bond donors (Lipinski definition) is 0. The van der Waals surface area contributed by atoms with E-state index in [0.717, 1.165) is 6.42 Å². The second-order valence-corrected chi connectivity index (χ2v) is 6.08. The average Bonchev–Trinajstić information content (AvgIpc) is 2.38. The lowest BCUT2D eigenvalue weighted by Gasteiger charge is -2.45. The van der Waals surface area contributed by atoms with Crippen molar-refractivity contribution in [1.29, 1.82) is 0 Å². The summed E-state index contributed by atoms with van der Waals surface area (Å²) < 4.78 is 0. The molecule has 0 aliphatic heterocycles. The number of hydrogen-bond acceptors (Lipinski definition) is 1. The van der Waals surface area contributed by atoms with Gasteiger partial charge in [0, 0.05) is 5.92 Å². The number of carbonyl (C=O) groups excluding carboxylic acids is 1. The minimum Gasteiger partial charge on any atom is -0.295 e. The van der Waals surface area contributed by atoms with Gasteiger partial charge in [0.1, 0.15) is 0 Å². The van der Waals surface area contributed by atoms with Crippen LogP contribution in [0.1, 0.15) is 53.4 Å². The molecular formula is C14H22O. The lowest BCUT2D eigenvalue weighted by Crippen LogP contribution is -2.37. The van der Waals surface area contributed by atoms with E-state index in [0.29, 0.717) is 5.78 Å². The van der Waals surface area contributed by atoms with Crippen LogP contribution in [0, 0.1) is 16.7 Å². The van der Waals surface area contributed by atoms with Crippen LogP contribution in [-0.4, -0.2) is 5.78 Å². The summed E-state index contributed by atoms with van der Waals surface area (Å²) in [5, 5.41) is 0. The van der Waals surface area contributed by atoms with E-state index in [1.165, 1.54) is 24.8 Å². The van der Waals surface area contributed by atoms with E-state index in [9.17, 15) is 4.79 Å².